The van der Waals surface area contributed by atoms with E-state index in [4.69, 9.17) is 5.73 Å². The molecule has 1 amide bonds. The van der Waals surface area contributed by atoms with Crippen LogP contribution in [0.3, 0.4) is 0 Å². The molecule has 25 heavy (non-hydrogen) atoms. The quantitative estimate of drug-likeness (QED) is 0.761. The fourth-order valence-corrected chi connectivity index (χ4v) is 3.28. The standard InChI is InChI=1S/C21H27N3O/c22-20-6-2-1-5-18(20)9-12-21(25)23-19-10-7-17(8-11-19)13-16-24-14-3-4-15-24/h1-2,5-8,10-11H,3-4,9,12-16,22H2,(H,23,25). The van der Waals surface area contributed by atoms with Crippen molar-refractivity contribution in [2.45, 2.75) is 32.1 Å². The molecule has 3 N–H and O–H groups in total. The van der Waals surface area contributed by atoms with E-state index in [1.54, 1.807) is 0 Å². The number of nitrogen functional groups attached to an aromatic ring is 1. The van der Waals surface area contributed by atoms with Crippen LogP contribution in [0.15, 0.2) is 48.5 Å². The van der Waals surface area contributed by atoms with Crippen LogP contribution in [0.2, 0.25) is 0 Å². The molecule has 0 unspecified atom stereocenters. The second-order valence-corrected chi connectivity index (χ2v) is 6.74. The average Bonchev–Trinajstić information content (AvgIpc) is 3.14. The van der Waals surface area contributed by atoms with Crippen molar-refractivity contribution in [2.75, 3.05) is 30.7 Å². The Hall–Kier alpha value is -2.33. The van der Waals surface area contributed by atoms with Crippen molar-refractivity contribution in [1.82, 2.24) is 4.90 Å². The van der Waals surface area contributed by atoms with Gasteiger partial charge in [-0.05, 0) is 68.1 Å². The maximum atomic E-state index is 12.1. The zero-order chi connectivity index (χ0) is 17.5. The third-order valence-corrected chi connectivity index (χ3v) is 4.83. The average molecular weight is 337 g/mol. The van der Waals surface area contributed by atoms with Crippen LogP contribution in [0.5, 0.6) is 0 Å². The zero-order valence-corrected chi connectivity index (χ0v) is 14.7. The Balaban J connectivity index is 1.44. The van der Waals surface area contributed by atoms with Gasteiger partial charge in [-0.3, -0.25) is 4.79 Å². The Labute approximate surface area is 150 Å². The van der Waals surface area contributed by atoms with Crippen molar-refractivity contribution < 1.29 is 4.79 Å². The van der Waals surface area contributed by atoms with Gasteiger partial charge in [-0.25, -0.2) is 0 Å². The summed E-state index contributed by atoms with van der Waals surface area (Å²) >= 11 is 0. The first-order valence-electron chi connectivity index (χ1n) is 9.15. The van der Waals surface area contributed by atoms with Crippen LogP contribution in [-0.2, 0) is 17.6 Å². The normalized spacial score (nSPS) is 14.6. The molecule has 1 saturated heterocycles. The lowest BCUT2D eigenvalue weighted by molar-refractivity contribution is -0.116. The molecule has 0 spiro atoms. The van der Waals surface area contributed by atoms with Gasteiger partial charge in [-0.15, -0.1) is 0 Å². The summed E-state index contributed by atoms with van der Waals surface area (Å²) in [4.78, 5) is 14.6. The summed E-state index contributed by atoms with van der Waals surface area (Å²) in [6.07, 6.45) is 4.83. The lowest BCUT2D eigenvalue weighted by atomic mass is 10.1. The smallest absolute Gasteiger partial charge is 0.224 e. The molecule has 1 aliphatic heterocycles. The number of rotatable bonds is 7. The molecule has 4 nitrogen and oxygen atoms in total. The number of hydrogen-bond donors (Lipinski definition) is 2. The Kier molecular flexibility index (Phi) is 6.07. The Morgan fingerprint density at radius 1 is 1.00 bits per heavy atom. The number of nitrogens with two attached hydrogens (primary N) is 1. The van der Waals surface area contributed by atoms with Crippen molar-refractivity contribution >= 4 is 17.3 Å². The number of para-hydroxylation sites is 1. The van der Waals surface area contributed by atoms with E-state index in [2.05, 4.69) is 22.3 Å². The van der Waals surface area contributed by atoms with E-state index in [9.17, 15) is 4.79 Å². The molecule has 0 aromatic heterocycles. The minimum Gasteiger partial charge on any atom is -0.399 e. The molecule has 132 valence electrons. The number of hydrogen-bond acceptors (Lipinski definition) is 3. The lowest BCUT2D eigenvalue weighted by Crippen LogP contribution is -2.21. The molecule has 1 aliphatic rings. The van der Waals surface area contributed by atoms with E-state index >= 15 is 0 Å². The maximum absolute atomic E-state index is 12.1. The second-order valence-electron chi connectivity index (χ2n) is 6.74. The SMILES string of the molecule is Nc1ccccc1CCC(=O)Nc1ccc(CCN2CCCC2)cc1. The van der Waals surface area contributed by atoms with Crippen LogP contribution in [0, 0.1) is 0 Å². The van der Waals surface area contributed by atoms with E-state index in [-0.39, 0.29) is 5.91 Å². The van der Waals surface area contributed by atoms with Crippen molar-refractivity contribution in [3.63, 3.8) is 0 Å². The fraction of sp³-hybridized carbons (Fsp3) is 0.381. The van der Waals surface area contributed by atoms with Gasteiger partial charge in [0.2, 0.25) is 5.91 Å². The van der Waals surface area contributed by atoms with Gasteiger partial charge in [0, 0.05) is 24.3 Å². The molecular formula is C21H27N3O. The van der Waals surface area contributed by atoms with Crippen molar-refractivity contribution in [3.05, 3.63) is 59.7 Å². The summed E-state index contributed by atoms with van der Waals surface area (Å²) in [7, 11) is 0. The summed E-state index contributed by atoms with van der Waals surface area (Å²) in [6, 6.07) is 15.9. The molecule has 0 saturated carbocycles. The predicted molar refractivity (Wildman–Crippen MR) is 104 cm³/mol. The monoisotopic (exact) mass is 337 g/mol. The van der Waals surface area contributed by atoms with Gasteiger partial charge < -0.3 is 16.0 Å². The molecule has 3 rings (SSSR count). The van der Waals surface area contributed by atoms with Gasteiger partial charge >= 0.3 is 0 Å². The highest BCUT2D eigenvalue weighted by Gasteiger charge is 2.11. The first-order valence-corrected chi connectivity index (χ1v) is 9.15. The van der Waals surface area contributed by atoms with Gasteiger partial charge in [0.25, 0.3) is 0 Å². The molecule has 2 aromatic rings. The summed E-state index contributed by atoms with van der Waals surface area (Å²) < 4.78 is 0. The highest BCUT2D eigenvalue weighted by molar-refractivity contribution is 5.90. The topological polar surface area (TPSA) is 58.4 Å². The van der Waals surface area contributed by atoms with Crippen LogP contribution in [0.25, 0.3) is 0 Å². The number of carbonyl (C=O) groups excluding carboxylic acids is 1. The molecule has 4 heteroatoms. The van der Waals surface area contributed by atoms with Gasteiger partial charge in [-0.2, -0.15) is 0 Å². The molecule has 0 bridgehead atoms. The third kappa shape index (κ3) is 5.33. The Morgan fingerprint density at radius 3 is 2.44 bits per heavy atom. The maximum Gasteiger partial charge on any atom is 0.224 e. The Morgan fingerprint density at radius 2 is 1.72 bits per heavy atom. The Bertz CT molecular complexity index is 691. The van der Waals surface area contributed by atoms with E-state index in [1.165, 1.54) is 31.5 Å². The van der Waals surface area contributed by atoms with Gasteiger partial charge in [0.15, 0.2) is 0 Å². The minimum absolute atomic E-state index is 0.0214. The highest BCUT2D eigenvalue weighted by atomic mass is 16.1. The van der Waals surface area contributed by atoms with E-state index in [0.717, 1.165) is 29.9 Å². The molecule has 0 atom stereocenters. The number of nitrogens with zero attached hydrogens (tertiary/aromatic N) is 1. The fourth-order valence-electron chi connectivity index (χ4n) is 3.28. The summed E-state index contributed by atoms with van der Waals surface area (Å²) in [5.41, 5.74) is 9.86. The minimum atomic E-state index is 0.0214. The first-order chi connectivity index (χ1) is 12.2. The van der Waals surface area contributed by atoms with Crippen LogP contribution in [0.1, 0.15) is 30.4 Å². The van der Waals surface area contributed by atoms with E-state index in [1.807, 2.05) is 36.4 Å². The first kappa shape index (κ1) is 17.5. The third-order valence-electron chi connectivity index (χ3n) is 4.83. The number of amides is 1. The molecule has 2 aromatic carbocycles. The lowest BCUT2D eigenvalue weighted by Gasteiger charge is -2.14. The predicted octanol–water partition coefficient (Wildman–Crippen LogP) is 3.48. The number of likely N-dealkylation sites (tertiary alicyclic amines) is 1. The van der Waals surface area contributed by atoms with Crippen molar-refractivity contribution in [2.24, 2.45) is 0 Å². The van der Waals surface area contributed by atoms with Crippen molar-refractivity contribution in [1.29, 1.82) is 0 Å². The molecule has 0 radical (unpaired) electrons. The van der Waals surface area contributed by atoms with Gasteiger partial charge in [-0.1, -0.05) is 30.3 Å². The van der Waals surface area contributed by atoms with E-state index < -0.39 is 0 Å². The molecule has 1 heterocycles. The summed E-state index contributed by atoms with van der Waals surface area (Å²) in [6.45, 7) is 3.60. The molecule has 0 aliphatic carbocycles. The van der Waals surface area contributed by atoms with Gasteiger partial charge in [0.1, 0.15) is 0 Å². The second kappa shape index (κ2) is 8.67. The van der Waals surface area contributed by atoms with Crippen LogP contribution in [-0.4, -0.2) is 30.4 Å². The number of benzene rings is 2. The van der Waals surface area contributed by atoms with Gasteiger partial charge in [0.05, 0.1) is 0 Å². The summed E-state index contributed by atoms with van der Waals surface area (Å²) in [5, 5.41) is 2.97. The number of nitrogens with one attached hydrogen (secondary N) is 1. The van der Waals surface area contributed by atoms with Crippen LogP contribution < -0.4 is 11.1 Å². The number of carbonyl (C=O) groups is 1. The zero-order valence-electron chi connectivity index (χ0n) is 14.7. The van der Waals surface area contributed by atoms with Crippen LogP contribution >= 0.6 is 0 Å². The summed E-state index contributed by atoms with van der Waals surface area (Å²) in [5.74, 6) is 0.0214. The molecule has 1 fully saturated rings. The highest BCUT2D eigenvalue weighted by Crippen LogP contribution is 2.15. The van der Waals surface area contributed by atoms with E-state index in [0.29, 0.717) is 12.8 Å². The van der Waals surface area contributed by atoms with Crippen LogP contribution in [0.4, 0.5) is 11.4 Å². The number of anilines is 2. The number of aryl methyl sites for hydroxylation is 1. The molecular weight excluding hydrogens is 310 g/mol. The van der Waals surface area contributed by atoms with Crippen molar-refractivity contribution in [3.8, 4) is 0 Å². The largest absolute Gasteiger partial charge is 0.399 e.